The van der Waals surface area contributed by atoms with E-state index in [4.69, 9.17) is 18.9 Å². The number of benzene rings is 2. The molecular formula is C21H25NO5. The van der Waals surface area contributed by atoms with Crippen LogP contribution in [-0.4, -0.2) is 33.3 Å². The fourth-order valence-corrected chi connectivity index (χ4v) is 3.39. The normalized spacial score (nSPS) is 15.6. The fraction of sp³-hybridized carbons (Fsp3) is 0.381. The molecule has 1 aliphatic rings. The first kappa shape index (κ1) is 18.9. The molecule has 0 fully saturated rings. The molecule has 144 valence electrons. The van der Waals surface area contributed by atoms with Gasteiger partial charge < -0.3 is 24.3 Å². The van der Waals surface area contributed by atoms with E-state index in [1.807, 2.05) is 44.2 Å². The third-order valence-electron chi connectivity index (χ3n) is 4.57. The molecule has 0 spiro atoms. The molecule has 0 radical (unpaired) electrons. The second-order valence-electron chi connectivity index (χ2n) is 6.16. The summed E-state index contributed by atoms with van der Waals surface area (Å²) < 4.78 is 22.4. The first-order valence-electron chi connectivity index (χ1n) is 9.06. The van der Waals surface area contributed by atoms with E-state index in [1.165, 1.54) is 0 Å². The number of ether oxygens (including phenoxy) is 4. The molecule has 1 N–H and O–H groups in total. The van der Waals surface area contributed by atoms with Crippen LogP contribution in [-0.2, 0) is 4.79 Å². The predicted molar refractivity (Wildman–Crippen MR) is 103 cm³/mol. The van der Waals surface area contributed by atoms with Crippen LogP contribution in [0.15, 0.2) is 30.3 Å². The maximum Gasteiger partial charge on any atom is 0.225 e. The van der Waals surface area contributed by atoms with Gasteiger partial charge >= 0.3 is 0 Å². The Labute approximate surface area is 159 Å². The van der Waals surface area contributed by atoms with Crippen LogP contribution in [0.2, 0.25) is 0 Å². The molecule has 0 unspecified atom stereocenters. The van der Waals surface area contributed by atoms with E-state index in [9.17, 15) is 4.79 Å². The van der Waals surface area contributed by atoms with Gasteiger partial charge in [-0.3, -0.25) is 4.79 Å². The molecule has 0 aliphatic carbocycles. The van der Waals surface area contributed by atoms with Crippen molar-refractivity contribution in [2.24, 2.45) is 0 Å². The Bertz CT molecular complexity index is 834. The number of hydrogen-bond donors (Lipinski definition) is 1. The quantitative estimate of drug-likeness (QED) is 0.798. The van der Waals surface area contributed by atoms with Crippen molar-refractivity contribution in [2.75, 3.05) is 32.8 Å². The molecule has 27 heavy (non-hydrogen) atoms. The summed E-state index contributed by atoms with van der Waals surface area (Å²) >= 11 is 0. The van der Waals surface area contributed by atoms with Crippen LogP contribution in [0.4, 0.5) is 5.69 Å². The second kappa shape index (κ2) is 8.20. The van der Waals surface area contributed by atoms with E-state index < -0.39 is 0 Å². The zero-order chi connectivity index (χ0) is 19.4. The van der Waals surface area contributed by atoms with E-state index in [0.717, 1.165) is 16.8 Å². The van der Waals surface area contributed by atoms with E-state index in [-0.39, 0.29) is 11.8 Å². The number of amides is 1. The van der Waals surface area contributed by atoms with Gasteiger partial charge in [0.1, 0.15) is 11.5 Å². The Morgan fingerprint density at radius 3 is 2.26 bits per heavy atom. The minimum absolute atomic E-state index is 0.0519. The van der Waals surface area contributed by atoms with Gasteiger partial charge in [-0.1, -0.05) is 0 Å². The maximum atomic E-state index is 12.4. The smallest absolute Gasteiger partial charge is 0.225 e. The minimum atomic E-state index is -0.173. The van der Waals surface area contributed by atoms with Crippen molar-refractivity contribution in [1.29, 1.82) is 0 Å². The summed E-state index contributed by atoms with van der Waals surface area (Å²) in [5, 5.41) is 2.95. The van der Waals surface area contributed by atoms with Crippen molar-refractivity contribution in [2.45, 2.75) is 26.2 Å². The number of methoxy groups -OCH3 is 2. The summed E-state index contributed by atoms with van der Waals surface area (Å²) in [6.45, 7) is 4.88. The molecule has 1 amide bonds. The molecular weight excluding hydrogens is 346 g/mol. The maximum absolute atomic E-state index is 12.4. The van der Waals surface area contributed by atoms with Crippen molar-refractivity contribution in [3.63, 3.8) is 0 Å². The molecule has 1 aliphatic heterocycles. The lowest BCUT2D eigenvalue weighted by Gasteiger charge is -2.28. The number of carbonyl (C=O) groups excluding carboxylic acids is 1. The lowest BCUT2D eigenvalue weighted by molar-refractivity contribution is -0.116. The Kier molecular flexibility index (Phi) is 5.74. The molecule has 2 aromatic carbocycles. The summed E-state index contributed by atoms with van der Waals surface area (Å²) in [6.07, 6.45) is 0.316. The summed E-state index contributed by atoms with van der Waals surface area (Å²) in [7, 11) is 3.24. The Balaban J connectivity index is 2.15. The van der Waals surface area contributed by atoms with Gasteiger partial charge in [0.15, 0.2) is 11.5 Å². The van der Waals surface area contributed by atoms with Crippen LogP contribution in [0.25, 0.3) is 0 Å². The molecule has 0 aromatic heterocycles. The van der Waals surface area contributed by atoms with Crippen LogP contribution in [0, 0.1) is 0 Å². The fourth-order valence-electron chi connectivity index (χ4n) is 3.39. The molecule has 3 rings (SSSR count). The van der Waals surface area contributed by atoms with Crippen LogP contribution in [0.1, 0.15) is 37.3 Å². The van der Waals surface area contributed by atoms with Crippen molar-refractivity contribution in [1.82, 2.24) is 0 Å². The number of carbonyl (C=O) groups is 1. The van der Waals surface area contributed by atoms with Gasteiger partial charge in [-0.25, -0.2) is 0 Å². The zero-order valence-electron chi connectivity index (χ0n) is 16.1. The lowest BCUT2D eigenvalue weighted by Crippen LogP contribution is -2.24. The largest absolute Gasteiger partial charge is 0.497 e. The first-order valence-corrected chi connectivity index (χ1v) is 9.06. The summed E-state index contributed by atoms with van der Waals surface area (Å²) in [5.41, 5.74) is 2.60. The first-order chi connectivity index (χ1) is 13.1. The number of rotatable bonds is 7. The highest BCUT2D eigenvalue weighted by molar-refractivity contribution is 5.96. The van der Waals surface area contributed by atoms with Crippen molar-refractivity contribution in [3.8, 4) is 23.0 Å². The van der Waals surface area contributed by atoms with Crippen LogP contribution in [0.5, 0.6) is 23.0 Å². The summed E-state index contributed by atoms with van der Waals surface area (Å²) in [5.74, 6) is 2.50. The van der Waals surface area contributed by atoms with Gasteiger partial charge in [0, 0.05) is 29.7 Å². The molecule has 6 nitrogen and oxygen atoms in total. The van der Waals surface area contributed by atoms with E-state index in [0.29, 0.717) is 42.6 Å². The number of fused-ring (bicyclic) bond motifs is 1. The van der Waals surface area contributed by atoms with Crippen LogP contribution < -0.4 is 24.3 Å². The molecule has 2 aromatic rings. The average Bonchev–Trinajstić information content (AvgIpc) is 2.68. The minimum Gasteiger partial charge on any atom is -0.497 e. The second-order valence-corrected chi connectivity index (χ2v) is 6.16. The van der Waals surface area contributed by atoms with Crippen LogP contribution in [0.3, 0.4) is 0 Å². The third kappa shape index (κ3) is 3.79. The Morgan fingerprint density at radius 1 is 0.926 bits per heavy atom. The van der Waals surface area contributed by atoms with E-state index in [1.54, 1.807) is 14.2 Å². The van der Waals surface area contributed by atoms with Crippen molar-refractivity contribution >= 4 is 11.6 Å². The Morgan fingerprint density at radius 2 is 1.63 bits per heavy atom. The molecule has 1 heterocycles. The highest BCUT2D eigenvalue weighted by atomic mass is 16.5. The van der Waals surface area contributed by atoms with Crippen molar-refractivity contribution < 1.29 is 23.7 Å². The zero-order valence-corrected chi connectivity index (χ0v) is 16.1. The molecule has 0 saturated heterocycles. The monoisotopic (exact) mass is 371 g/mol. The van der Waals surface area contributed by atoms with Crippen LogP contribution >= 0.6 is 0 Å². The number of anilines is 1. The van der Waals surface area contributed by atoms with Gasteiger partial charge in [0.25, 0.3) is 0 Å². The molecule has 6 heteroatoms. The van der Waals surface area contributed by atoms with Gasteiger partial charge in [0.05, 0.1) is 27.4 Å². The number of nitrogens with one attached hydrogen (secondary N) is 1. The van der Waals surface area contributed by atoms with Gasteiger partial charge in [0.2, 0.25) is 5.91 Å². The SMILES string of the molecule is CCOc1cc2c(cc1OCC)[C@H](c1cc(OC)ccc1OC)CC(=O)N2. The highest BCUT2D eigenvalue weighted by Gasteiger charge is 2.30. The van der Waals surface area contributed by atoms with Gasteiger partial charge in [-0.2, -0.15) is 0 Å². The predicted octanol–water partition coefficient (Wildman–Crippen LogP) is 3.98. The third-order valence-corrected chi connectivity index (χ3v) is 4.57. The van der Waals surface area contributed by atoms with E-state index >= 15 is 0 Å². The average molecular weight is 371 g/mol. The number of hydrogen-bond acceptors (Lipinski definition) is 5. The summed E-state index contributed by atoms with van der Waals surface area (Å²) in [4.78, 5) is 12.4. The lowest BCUT2D eigenvalue weighted by atomic mass is 9.84. The molecule has 1 atom stereocenters. The molecule has 0 bridgehead atoms. The Hall–Kier alpha value is -2.89. The summed E-state index contributed by atoms with van der Waals surface area (Å²) in [6, 6.07) is 9.41. The standard InChI is InChI=1S/C21H25NO5/c1-5-26-19-10-15-14(16-9-13(24-3)7-8-18(16)25-4)11-21(23)22-17(15)12-20(19)27-6-2/h7-10,12,14H,5-6,11H2,1-4H3,(H,22,23)/t14-/m1/s1. The highest BCUT2D eigenvalue weighted by Crippen LogP contribution is 2.46. The van der Waals surface area contributed by atoms with E-state index in [2.05, 4.69) is 5.32 Å². The van der Waals surface area contributed by atoms with Crippen molar-refractivity contribution in [3.05, 3.63) is 41.5 Å². The molecule has 0 saturated carbocycles. The topological polar surface area (TPSA) is 66.0 Å². The van der Waals surface area contributed by atoms with Gasteiger partial charge in [-0.15, -0.1) is 0 Å². The van der Waals surface area contributed by atoms with Gasteiger partial charge in [-0.05, 0) is 43.7 Å².